The molecule has 0 rings (SSSR count). The van der Waals surface area contributed by atoms with E-state index in [1.54, 1.807) is 0 Å². The molecule has 0 spiro atoms. The molecule has 0 amide bonds. The second-order valence-electron chi connectivity index (χ2n) is 5.78. The van der Waals surface area contributed by atoms with Gasteiger partial charge in [-0.15, -0.1) is 0 Å². The summed E-state index contributed by atoms with van der Waals surface area (Å²) in [7, 11) is -6.97. The number of esters is 1. The van der Waals surface area contributed by atoms with Gasteiger partial charge in [0.1, 0.15) is 5.60 Å². The maximum atomic E-state index is 13.2. The lowest BCUT2D eigenvalue weighted by Gasteiger charge is -2.32. The van der Waals surface area contributed by atoms with E-state index in [9.17, 15) is 52.7 Å². The first kappa shape index (κ1) is 24.8. The van der Waals surface area contributed by atoms with E-state index in [2.05, 4.69) is 8.92 Å². The van der Waals surface area contributed by atoms with Crippen molar-refractivity contribution in [1.29, 1.82) is 0 Å². The molecule has 0 aliphatic heterocycles. The van der Waals surface area contributed by atoms with Gasteiger partial charge in [0.2, 0.25) is 0 Å². The zero-order valence-corrected chi connectivity index (χ0v) is 14.1. The largest absolute Gasteiger partial charge is 0.460 e. The fraction of sp³-hybridized carbons (Fsp3) is 0.909. The predicted octanol–water partition coefficient (Wildman–Crippen LogP) is 3.49. The number of halogens is 9. The summed E-state index contributed by atoms with van der Waals surface area (Å²) in [6.45, 7) is 2.52. The van der Waals surface area contributed by atoms with Crippen molar-refractivity contribution < 1.29 is 61.6 Å². The summed E-state index contributed by atoms with van der Waals surface area (Å²) < 4.78 is 143. The minimum absolute atomic E-state index is 1.09. The molecular formula is C11H13F9O5S. The van der Waals surface area contributed by atoms with Gasteiger partial charge in [-0.3, -0.25) is 8.98 Å². The number of hydrogen-bond acceptors (Lipinski definition) is 5. The third-order valence-corrected chi connectivity index (χ3v) is 3.76. The van der Waals surface area contributed by atoms with Crippen molar-refractivity contribution in [3.05, 3.63) is 0 Å². The summed E-state index contributed by atoms with van der Waals surface area (Å²) in [5.41, 5.74) is -1.10. The van der Waals surface area contributed by atoms with Crippen LogP contribution in [0.5, 0.6) is 0 Å². The first-order chi connectivity index (χ1) is 11.1. The Hall–Kier alpha value is -1.25. The molecule has 26 heavy (non-hydrogen) atoms. The van der Waals surface area contributed by atoms with Gasteiger partial charge in [0.05, 0.1) is 13.0 Å². The lowest BCUT2D eigenvalue weighted by Crippen LogP contribution is -2.63. The zero-order chi connectivity index (χ0) is 21.4. The summed E-state index contributed by atoms with van der Waals surface area (Å²) in [5, 5.41) is -6.95. The van der Waals surface area contributed by atoms with Crippen molar-refractivity contribution in [2.24, 2.45) is 0 Å². The molecule has 5 nitrogen and oxygen atoms in total. The number of hydrogen-bond donors (Lipinski definition) is 0. The first-order valence-corrected chi connectivity index (χ1v) is 7.82. The molecule has 0 unspecified atom stereocenters. The van der Waals surface area contributed by atoms with Crippen molar-refractivity contribution in [2.75, 3.05) is 6.61 Å². The van der Waals surface area contributed by atoms with Gasteiger partial charge < -0.3 is 4.74 Å². The van der Waals surface area contributed by atoms with Gasteiger partial charge in [0.25, 0.3) is 0 Å². The number of carbonyl (C=O) groups excluding carboxylic acids is 1. The zero-order valence-electron chi connectivity index (χ0n) is 13.3. The monoisotopic (exact) mass is 428 g/mol. The molecule has 156 valence electrons. The quantitative estimate of drug-likeness (QED) is 0.353. The molecule has 0 saturated heterocycles. The molecule has 0 N–H and O–H groups in total. The third kappa shape index (κ3) is 4.92. The van der Waals surface area contributed by atoms with E-state index in [1.165, 1.54) is 20.8 Å². The molecule has 0 heterocycles. The summed E-state index contributed by atoms with van der Waals surface area (Å²) in [6, 6.07) is 0. The minimum atomic E-state index is -7.39. The molecule has 0 saturated carbocycles. The Morgan fingerprint density at radius 1 is 0.846 bits per heavy atom. The van der Waals surface area contributed by atoms with E-state index in [-0.39, 0.29) is 0 Å². The van der Waals surface area contributed by atoms with Crippen molar-refractivity contribution in [3.63, 3.8) is 0 Å². The van der Waals surface area contributed by atoms with Crippen LogP contribution in [-0.4, -0.2) is 49.9 Å². The van der Waals surface area contributed by atoms with Gasteiger partial charge in [-0.1, -0.05) is 0 Å². The first-order valence-electron chi connectivity index (χ1n) is 6.41. The van der Waals surface area contributed by atoms with Gasteiger partial charge in [0, 0.05) is 0 Å². The second-order valence-corrected chi connectivity index (χ2v) is 7.43. The molecule has 0 fully saturated rings. The molecular weight excluding hydrogens is 415 g/mol. The standard InChI is InChI=1S/C11H13F9O5S/c1-7(2,3)25-6(21)4-5-24-26(22,23)11(19,20)9(14,15)8(12,13)10(16,17)18/h4-5H2,1-3H3. The Kier molecular flexibility index (Phi) is 6.71. The van der Waals surface area contributed by atoms with Crippen molar-refractivity contribution in [1.82, 2.24) is 0 Å². The Balaban J connectivity index is 5.37. The van der Waals surface area contributed by atoms with Crippen LogP contribution in [0.25, 0.3) is 0 Å². The number of rotatable bonds is 7. The van der Waals surface area contributed by atoms with Crippen molar-refractivity contribution in [3.8, 4) is 0 Å². The van der Waals surface area contributed by atoms with Crippen LogP contribution in [0.1, 0.15) is 27.2 Å². The lowest BCUT2D eigenvalue weighted by molar-refractivity contribution is -0.382. The SMILES string of the molecule is CC(C)(C)OC(=O)CCOS(=O)(=O)C(F)(F)C(F)(F)C(F)(F)C(F)(F)F. The third-order valence-electron chi connectivity index (χ3n) is 2.39. The number of alkyl halides is 9. The Morgan fingerprint density at radius 3 is 1.62 bits per heavy atom. The summed E-state index contributed by atoms with van der Waals surface area (Å²) in [6.07, 6.45) is -8.26. The topological polar surface area (TPSA) is 69.7 Å². The molecule has 0 radical (unpaired) electrons. The maximum Gasteiger partial charge on any atom is 0.460 e. The lowest BCUT2D eigenvalue weighted by atomic mass is 10.1. The summed E-state index contributed by atoms with van der Waals surface area (Å²) in [5.74, 6) is -16.0. The van der Waals surface area contributed by atoms with E-state index in [4.69, 9.17) is 0 Å². The number of ether oxygens (including phenoxy) is 1. The Labute approximate surface area is 141 Å². The highest BCUT2D eigenvalue weighted by Gasteiger charge is 2.85. The molecule has 0 aliphatic rings. The average Bonchev–Trinajstić information content (AvgIpc) is 2.33. The fourth-order valence-electron chi connectivity index (χ4n) is 1.22. The van der Waals surface area contributed by atoms with E-state index >= 15 is 0 Å². The predicted molar refractivity (Wildman–Crippen MR) is 66.2 cm³/mol. The van der Waals surface area contributed by atoms with Crippen molar-refractivity contribution in [2.45, 2.75) is 56.1 Å². The van der Waals surface area contributed by atoms with Gasteiger partial charge in [-0.25, -0.2) is 0 Å². The second kappa shape index (κ2) is 7.05. The van der Waals surface area contributed by atoms with Gasteiger partial charge in [-0.2, -0.15) is 47.9 Å². The van der Waals surface area contributed by atoms with E-state index in [1.807, 2.05) is 0 Å². The fourth-order valence-corrected chi connectivity index (χ4v) is 2.11. The highest BCUT2D eigenvalue weighted by Crippen LogP contribution is 2.54. The highest BCUT2D eigenvalue weighted by atomic mass is 32.2. The van der Waals surface area contributed by atoms with Gasteiger partial charge in [0.15, 0.2) is 0 Å². The summed E-state index contributed by atoms with van der Waals surface area (Å²) >= 11 is 0. The Morgan fingerprint density at radius 2 is 1.27 bits per heavy atom. The van der Waals surface area contributed by atoms with Crippen LogP contribution in [0, 0.1) is 0 Å². The molecule has 0 bridgehead atoms. The molecule has 0 atom stereocenters. The number of carbonyl (C=O) groups is 1. The van der Waals surface area contributed by atoms with E-state index in [0.29, 0.717) is 0 Å². The molecule has 0 aromatic heterocycles. The smallest absolute Gasteiger partial charge is 0.460 e. The highest BCUT2D eigenvalue weighted by molar-refractivity contribution is 7.87. The maximum absolute atomic E-state index is 13.2. The van der Waals surface area contributed by atoms with Crippen LogP contribution in [0.15, 0.2) is 0 Å². The van der Waals surface area contributed by atoms with Crippen molar-refractivity contribution >= 4 is 16.1 Å². The van der Waals surface area contributed by atoms with Gasteiger partial charge >= 0.3 is 39.4 Å². The Bertz CT molecular complexity index is 619. The van der Waals surface area contributed by atoms with Crippen LogP contribution in [0.2, 0.25) is 0 Å². The van der Waals surface area contributed by atoms with Crippen LogP contribution >= 0.6 is 0 Å². The molecule has 15 heteroatoms. The van der Waals surface area contributed by atoms with Crippen LogP contribution in [-0.2, 0) is 23.8 Å². The molecule has 0 aromatic carbocycles. The minimum Gasteiger partial charge on any atom is -0.460 e. The van der Waals surface area contributed by atoms with Gasteiger partial charge in [-0.05, 0) is 20.8 Å². The van der Waals surface area contributed by atoms with Crippen LogP contribution in [0.4, 0.5) is 39.5 Å². The van der Waals surface area contributed by atoms with E-state index in [0.717, 1.165) is 0 Å². The summed E-state index contributed by atoms with van der Waals surface area (Å²) in [4.78, 5) is 11.2. The molecule has 0 aromatic rings. The van der Waals surface area contributed by atoms with Crippen LogP contribution < -0.4 is 0 Å². The normalized spacial score (nSPS) is 15.1. The van der Waals surface area contributed by atoms with Crippen LogP contribution in [0.3, 0.4) is 0 Å². The average molecular weight is 428 g/mol. The molecule has 0 aliphatic carbocycles. The van der Waals surface area contributed by atoms with E-state index < -0.39 is 58.0 Å².